The van der Waals surface area contributed by atoms with Crippen molar-refractivity contribution in [2.24, 2.45) is 5.92 Å². The molecule has 16 heavy (non-hydrogen) atoms. The lowest BCUT2D eigenvalue weighted by molar-refractivity contribution is 0.278. The van der Waals surface area contributed by atoms with Crippen molar-refractivity contribution in [1.29, 1.82) is 0 Å². The fourth-order valence-electron chi connectivity index (χ4n) is 1.19. The summed E-state index contributed by atoms with van der Waals surface area (Å²) in [4.78, 5) is 0. The van der Waals surface area contributed by atoms with Gasteiger partial charge in [-0.1, -0.05) is 25.4 Å². The predicted octanol–water partition coefficient (Wildman–Crippen LogP) is 3.07. The SMILES string of the molecule is CC(C)CCOc1c(N)cc(N)c(Cl)c1F. The molecule has 0 aliphatic rings. The average molecular weight is 247 g/mol. The molecule has 0 unspecified atom stereocenters. The second kappa shape index (κ2) is 5.25. The zero-order valence-corrected chi connectivity index (χ0v) is 10.1. The smallest absolute Gasteiger partial charge is 0.187 e. The Morgan fingerprint density at radius 1 is 1.38 bits per heavy atom. The molecule has 5 heteroatoms. The Morgan fingerprint density at radius 2 is 2.00 bits per heavy atom. The van der Waals surface area contributed by atoms with E-state index < -0.39 is 5.82 Å². The van der Waals surface area contributed by atoms with Crippen molar-refractivity contribution in [1.82, 2.24) is 0 Å². The van der Waals surface area contributed by atoms with Gasteiger partial charge < -0.3 is 16.2 Å². The summed E-state index contributed by atoms with van der Waals surface area (Å²) in [6, 6.07) is 1.40. The molecule has 0 aromatic heterocycles. The molecule has 0 aliphatic carbocycles. The fraction of sp³-hybridized carbons (Fsp3) is 0.455. The first-order valence-electron chi connectivity index (χ1n) is 5.09. The number of ether oxygens (including phenoxy) is 1. The number of anilines is 2. The van der Waals surface area contributed by atoms with E-state index in [1.807, 2.05) is 0 Å². The minimum Gasteiger partial charge on any atom is -0.488 e. The summed E-state index contributed by atoms with van der Waals surface area (Å²) in [5, 5.41) is -0.145. The number of hydrogen-bond acceptors (Lipinski definition) is 3. The Balaban J connectivity index is 2.84. The Hall–Kier alpha value is -1.16. The zero-order valence-electron chi connectivity index (χ0n) is 9.39. The van der Waals surface area contributed by atoms with E-state index in [4.69, 9.17) is 27.8 Å². The largest absolute Gasteiger partial charge is 0.488 e. The van der Waals surface area contributed by atoms with Crippen LogP contribution in [-0.2, 0) is 0 Å². The number of nitrogen functional groups attached to an aromatic ring is 2. The van der Waals surface area contributed by atoms with Crippen LogP contribution >= 0.6 is 11.6 Å². The Labute approximate surface area is 99.5 Å². The normalized spacial score (nSPS) is 10.8. The Kier molecular flexibility index (Phi) is 4.24. The summed E-state index contributed by atoms with van der Waals surface area (Å²) >= 11 is 5.66. The maximum Gasteiger partial charge on any atom is 0.187 e. The second-order valence-electron chi connectivity index (χ2n) is 4.04. The van der Waals surface area contributed by atoms with E-state index in [1.54, 1.807) is 0 Å². The van der Waals surface area contributed by atoms with Crippen LogP contribution in [0.2, 0.25) is 5.02 Å². The van der Waals surface area contributed by atoms with Gasteiger partial charge in [-0.2, -0.15) is 0 Å². The van der Waals surface area contributed by atoms with Crippen LogP contribution in [0.1, 0.15) is 20.3 Å². The van der Waals surface area contributed by atoms with Crippen LogP contribution < -0.4 is 16.2 Å². The summed E-state index contributed by atoms with van der Waals surface area (Å²) in [5.74, 6) is -0.226. The first-order valence-corrected chi connectivity index (χ1v) is 5.47. The van der Waals surface area contributed by atoms with Crippen LogP contribution in [-0.4, -0.2) is 6.61 Å². The molecule has 0 spiro atoms. The Bertz CT molecular complexity index is 383. The van der Waals surface area contributed by atoms with Crippen LogP contribution in [0.4, 0.5) is 15.8 Å². The van der Waals surface area contributed by atoms with Gasteiger partial charge in [0.25, 0.3) is 0 Å². The van der Waals surface area contributed by atoms with Crippen LogP contribution in [0, 0.1) is 11.7 Å². The molecule has 0 atom stereocenters. The Morgan fingerprint density at radius 3 is 2.56 bits per heavy atom. The zero-order chi connectivity index (χ0) is 12.3. The topological polar surface area (TPSA) is 61.3 Å². The molecule has 1 aromatic rings. The van der Waals surface area contributed by atoms with Gasteiger partial charge in [0.1, 0.15) is 5.02 Å². The molecule has 0 fully saturated rings. The quantitative estimate of drug-likeness (QED) is 0.803. The minimum absolute atomic E-state index is 0.0140. The maximum absolute atomic E-state index is 13.6. The maximum atomic E-state index is 13.6. The third-order valence-corrected chi connectivity index (χ3v) is 2.54. The van der Waals surface area contributed by atoms with Gasteiger partial charge >= 0.3 is 0 Å². The van der Waals surface area contributed by atoms with Crippen molar-refractivity contribution in [2.45, 2.75) is 20.3 Å². The molecule has 1 rings (SSSR count). The third-order valence-electron chi connectivity index (χ3n) is 2.16. The number of benzene rings is 1. The molecule has 0 radical (unpaired) electrons. The average Bonchev–Trinajstić information content (AvgIpc) is 2.19. The molecule has 3 nitrogen and oxygen atoms in total. The number of rotatable bonds is 4. The number of halogens is 2. The molecule has 4 N–H and O–H groups in total. The van der Waals surface area contributed by atoms with Crippen LogP contribution in [0.25, 0.3) is 0 Å². The molecule has 0 aliphatic heterocycles. The third kappa shape index (κ3) is 2.92. The lowest BCUT2D eigenvalue weighted by atomic mass is 10.1. The van der Waals surface area contributed by atoms with Gasteiger partial charge in [-0.05, 0) is 18.4 Å². The first-order chi connectivity index (χ1) is 7.43. The molecule has 90 valence electrons. The molecule has 0 saturated heterocycles. The van der Waals surface area contributed by atoms with Gasteiger partial charge in [0.2, 0.25) is 0 Å². The van der Waals surface area contributed by atoms with Crippen molar-refractivity contribution >= 4 is 23.0 Å². The van der Waals surface area contributed by atoms with Gasteiger partial charge in [-0.3, -0.25) is 0 Å². The van der Waals surface area contributed by atoms with Gasteiger partial charge in [0.05, 0.1) is 18.0 Å². The minimum atomic E-state index is -0.692. The van der Waals surface area contributed by atoms with E-state index >= 15 is 0 Å². The number of nitrogens with two attached hydrogens (primary N) is 2. The summed E-state index contributed by atoms with van der Waals surface area (Å²) < 4.78 is 18.9. The van der Waals surface area contributed by atoms with Crippen LogP contribution in [0.5, 0.6) is 5.75 Å². The second-order valence-corrected chi connectivity index (χ2v) is 4.42. The van der Waals surface area contributed by atoms with Crippen LogP contribution in [0.15, 0.2) is 6.07 Å². The summed E-state index contributed by atoms with van der Waals surface area (Å²) in [6.45, 7) is 4.51. The van der Waals surface area contributed by atoms with Crippen molar-refractivity contribution in [3.8, 4) is 5.75 Å². The highest BCUT2D eigenvalue weighted by Crippen LogP contribution is 2.35. The van der Waals surface area contributed by atoms with E-state index in [-0.39, 0.29) is 22.1 Å². The predicted molar refractivity (Wildman–Crippen MR) is 65.2 cm³/mol. The highest BCUT2D eigenvalue weighted by molar-refractivity contribution is 6.33. The van der Waals surface area contributed by atoms with Gasteiger partial charge in [0, 0.05) is 0 Å². The summed E-state index contributed by atoms with van der Waals surface area (Å²) in [6.07, 6.45) is 0.820. The van der Waals surface area contributed by atoms with Gasteiger partial charge in [-0.15, -0.1) is 0 Å². The fourth-order valence-corrected chi connectivity index (χ4v) is 1.33. The number of hydrogen-bond donors (Lipinski definition) is 2. The van der Waals surface area contributed by atoms with Gasteiger partial charge in [0.15, 0.2) is 11.6 Å². The lowest BCUT2D eigenvalue weighted by Crippen LogP contribution is -2.06. The molecular weight excluding hydrogens is 231 g/mol. The highest BCUT2D eigenvalue weighted by atomic mass is 35.5. The molecule has 0 bridgehead atoms. The van der Waals surface area contributed by atoms with Crippen molar-refractivity contribution in [3.05, 3.63) is 16.9 Å². The summed E-state index contributed by atoms with van der Waals surface area (Å²) in [5.41, 5.74) is 11.4. The van der Waals surface area contributed by atoms with E-state index in [0.717, 1.165) is 6.42 Å². The van der Waals surface area contributed by atoms with Crippen molar-refractivity contribution in [2.75, 3.05) is 18.1 Å². The molecule has 0 amide bonds. The van der Waals surface area contributed by atoms with E-state index in [1.165, 1.54) is 6.07 Å². The highest BCUT2D eigenvalue weighted by Gasteiger charge is 2.15. The summed E-state index contributed by atoms with van der Waals surface area (Å²) in [7, 11) is 0. The van der Waals surface area contributed by atoms with Gasteiger partial charge in [-0.25, -0.2) is 4.39 Å². The molecule has 0 saturated carbocycles. The van der Waals surface area contributed by atoms with E-state index in [9.17, 15) is 4.39 Å². The lowest BCUT2D eigenvalue weighted by Gasteiger charge is -2.13. The van der Waals surface area contributed by atoms with E-state index in [0.29, 0.717) is 12.5 Å². The van der Waals surface area contributed by atoms with Crippen molar-refractivity contribution in [3.63, 3.8) is 0 Å². The van der Waals surface area contributed by atoms with Crippen molar-refractivity contribution < 1.29 is 9.13 Å². The first kappa shape index (κ1) is 12.9. The standard InChI is InChI=1S/C11H16ClFN2O/c1-6(2)3-4-16-11-8(15)5-7(14)9(12)10(11)13/h5-6H,3-4,14-15H2,1-2H3. The van der Waals surface area contributed by atoms with Crippen LogP contribution in [0.3, 0.4) is 0 Å². The molecule has 1 aromatic carbocycles. The molecular formula is C11H16ClFN2O. The molecule has 0 heterocycles. The van der Waals surface area contributed by atoms with E-state index in [2.05, 4.69) is 13.8 Å². The monoisotopic (exact) mass is 246 g/mol.